The SMILES string of the molecule is Cn1cnc2cc(/C(Nc3ccc(Cn4cncn4)cc3)=C3/C(=O)Nc4cc(F)ccc43)ccc21. The molecule has 0 atom stereocenters. The van der Waals surface area contributed by atoms with Gasteiger partial charge in [0.15, 0.2) is 0 Å². The molecule has 1 aliphatic heterocycles. The number of hydrogen-bond acceptors (Lipinski definition) is 5. The highest BCUT2D eigenvalue weighted by Crippen LogP contribution is 2.38. The molecule has 3 aromatic carbocycles. The topological polar surface area (TPSA) is 89.7 Å². The molecule has 3 heterocycles. The third-order valence-electron chi connectivity index (χ3n) is 6.02. The van der Waals surface area contributed by atoms with Gasteiger partial charge < -0.3 is 15.2 Å². The van der Waals surface area contributed by atoms with Crippen molar-refractivity contribution in [1.82, 2.24) is 24.3 Å². The van der Waals surface area contributed by atoms with Gasteiger partial charge in [-0.2, -0.15) is 5.10 Å². The summed E-state index contributed by atoms with van der Waals surface area (Å²) in [6, 6.07) is 18.1. The minimum Gasteiger partial charge on any atom is -0.354 e. The predicted molar refractivity (Wildman–Crippen MR) is 132 cm³/mol. The standard InChI is InChI=1S/C26H20FN7O/c1-33-15-29-22-10-17(4-9-23(22)33)25(24-20-8-5-18(27)11-21(20)32-26(24)35)31-19-6-2-16(3-7-19)12-34-14-28-13-30-34/h2-11,13-15,31H,12H2,1H3,(H,32,35)/b25-24-. The van der Waals surface area contributed by atoms with Crippen LogP contribution in [0.4, 0.5) is 15.8 Å². The summed E-state index contributed by atoms with van der Waals surface area (Å²) in [7, 11) is 1.93. The summed E-state index contributed by atoms with van der Waals surface area (Å²) in [5.74, 6) is -0.699. The number of carbonyl (C=O) groups is 1. The van der Waals surface area contributed by atoms with Crippen molar-refractivity contribution in [3.05, 3.63) is 102 Å². The first-order valence-electron chi connectivity index (χ1n) is 11.0. The van der Waals surface area contributed by atoms with Gasteiger partial charge in [-0.25, -0.2) is 19.0 Å². The number of amides is 1. The van der Waals surface area contributed by atoms with Gasteiger partial charge in [-0.1, -0.05) is 18.2 Å². The van der Waals surface area contributed by atoms with Crippen LogP contribution in [-0.4, -0.2) is 30.2 Å². The number of nitrogens with one attached hydrogen (secondary N) is 2. The first-order chi connectivity index (χ1) is 17.0. The van der Waals surface area contributed by atoms with E-state index in [1.54, 1.807) is 23.4 Å². The molecule has 0 unspecified atom stereocenters. The van der Waals surface area contributed by atoms with Crippen LogP contribution in [0.2, 0.25) is 0 Å². The molecule has 172 valence electrons. The Morgan fingerprint density at radius 1 is 1.06 bits per heavy atom. The van der Waals surface area contributed by atoms with Crippen LogP contribution in [0.15, 0.2) is 79.6 Å². The summed E-state index contributed by atoms with van der Waals surface area (Å²) in [5, 5.41) is 10.4. The summed E-state index contributed by atoms with van der Waals surface area (Å²) in [6.45, 7) is 0.603. The highest BCUT2D eigenvalue weighted by atomic mass is 19.1. The van der Waals surface area contributed by atoms with E-state index in [9.17, 15) is 9.18 Å². The highest BCUT2D eigenvalue weighted by Gasteiger charge is 2.29. The van der Waals surface area contributed by atoms with E-state index in [0.717, 1.165) is 27.8 Å². The Balaban J connectivity index is 1.44. The highest BCUT2D eigenvalue weighted by molar-refractivity contribution is 6.37. The zero-order chi connectivity index (χ0) is 23.9. The monoisotopic (exact) mass is 465 g/mol. The molecule has 2 aromatic heterocycles. The molecule has 6 rings (SSSR count). The predicted octanol–water partition coefficient (Wildman–Crippen LogP) is 4.28. The number of halogens is 1. The number of fused-ring (bicyclic) bond motifs is 2. The summed E-state index contributed by atoms with van der Waals surface area (Å²) in [4.78, 5) is 21.5. The lowest BCUT2D eigenvalue weighted by Crippen LogP contribution is -2.10. The molecule has 1 amide bonds. The van der Waals surface area contributed by atoms with E-state index in [1.165, 1.54) is 18.5 Å². The number of hydrogen-bond donors (Lipinski definition) is 2. The van der Waals surface area contributed by atoms with Crippen LogP contribution in [0, 0.1) is 5.82 Å². The summed E-state index contributed by atoms with van der Waals surface area (Å²) < 4.78 is 17.5. The molecule has 5 aromatic rings. The number of aryl methyl sites for hydroxylation is 1. The number of aromatic nitrogens is 5. The number of imidazole rings is 1. The van der Waals surface area contributed by atoms with E-state index >= 15 is 0 Å². The summed E-state index contributed by atoms with van der Waals surface area (Å²) in [5.41, 5.74) is 6.61. The van der Waals surface area contributed by atoms with Gasteiger partial charge in [0.25, 0.3) is 5.91 Å². The fourth-order valence-electron chi connectivity index (χ4n) is 4.30. The van der Waals surface area contributed by atoms with Crippen molar-refractivity contribution in [2.45, 2.75) is 6.54 Å². The lowest BCUT2D eigenvalue weighted by molar-refractivity contribution is -0.110. The molecule has 0 fully saturated rings. The van der Waals surface area contributed by atoms with E-state index < -0.39 is 5.82 Å². The van der Waals surface area contributed by atoms with Gasteiger partial charge in [-0.3, -0.25) is 4.79 Å². The number of nitrogens with zero attached hydrogens (tertiary/aromatic N) is 5. The normalized spacial score (nSPS) is 14.2. The third-order valence-corrected chi connectivity index (χ3v) is 6.02. The zero-order valence-electron chi connectivity index (χ0n) is 18.7. The van der Waals surface area contributed by atoms with Gasteiger partial charge in [-0.05, 0) is 48.0 Å². The molecule has 0 saturated heterocycles. The summed E-state index contributed by atoms with van der Waals surface area (Å²) in [6.07, 6.45) is 4.92. The molecule has 9 heteroatoms. The first-order valence-corrected chi connectivity index (χ1v) is 11.0. The lowest BCUT2D eigenvalue weighted by Gasteiger charge is -2.15. The lowest BCUT2D eigenvalue weighted by atomic mass is 9.99. The fourth-order valence-corrected chi connectivity index (χ4v) is 4.30. The maximum Gasteiger partial charge on any atom is 0.258 e. The van der Waals surface area contributed by atoms with Crippen LogP contribution in [0.25, 0.3) is 22.3 Å². The van der Waals surface area contributed by atoms with E-state index in [-0.39, 0.29) is 5.91 Å². The fraction of sp³-hybridized carbons (Fsp3) is 0.0769. The average molecular weight is 465 g/mol. The molecule has 0 spiro atoms. The van der Waals surface area contributed by atoms with Crippen molar-refractivity contribution in [2.75, 3.05) is 10.6 Å². The molecule has 1 aliphatic rings. The number of anilines is 2. The quantitative estimate of drug-likeness (QED) is 0.378. The van der Waals surface area contributed by atoms with Gasteiger partial charge in [0.1, 0.15) is 18.5 Å². The minimum absolute atomic E-state index is 0.294. The molecule has 0 saturated carbocycles. The maximum absolute atomic E-state index is 13.8. The summed E-state index contributed by atoms with van der Waals surface area (Å²) >= 11 is 0. The number of rotatable bonds is 5. The molecule has 0 aliphatic carbocycles. The molecule has 0 bridgehead atoms. The number of carbonyl (C=O) groups excluding carboxylic acids is 1. The Kier molecular flexibility index (Phi) is 4.88. The maximum atomic E-state index is 13.8. The van der Waals surface area contributed by atoms with Crippen molar-refractivity contribution in [1.29, 1.82) is 0 Å². The van der Waals surface area contributed by atoms with Crippen molar-refractivity contribution < 1.29 is 9.18 Å². The number of benzene rings is 3. The van der Waals surface area contributed by atoms with E-state index in [1.807, 2.05) is 54.1 Å². The molecular weight excluding hydrogens is 445 g/mol. The van der Waals surface area contributed by atoms with Gasteiger partial charge in [0.2, 0.25) is 0 Å². The van der Waals surface area contributed by atoms with Crippen LogP contribution in [-0.2, 0) is 18.4 Å². The van der Waals surface area contributed by atoms with Crippen molar-refractivity contribution >= 4 is 39.6 Å². The van der Waals surface area contributed by atoms with Gasteiger partial charge in [0, 0.05) is 23.9 Å². The van der Waals surface area contributed by atoms with Crippen LogP contribution in [0.5, 0.6) is 0 Å². The van der Waals surface area contributed by atoms with Gasteiger partial charge >= 0.3 is 0 Å². The van der Waals surface area contributed by atoms with Crippen molar-refractivity contribution in [3.63, 3.8) is 0 Å². The Hall–Kier alpha value is -4.79. The molecule has 8 nitrogen and oxygen atoms in total. The van der Waals surface area contributed by atoms with Crippen LogP contribution in [0.3, 0.4) is 0 Å². The molecule has 2 N–H and O–H groups in total. The van der Waals surface area contributed by atoms with Crippen LogP contribution >= 0.6 is 0 Å². The van der Waals surface area contributed by atoms with E-state index in [4.69, 9.17) is 0 Å². The Morgan fingerprint density at radius 3 is 2.71 bits per heavy atom. The van der Waals surface area contributed by atoms with Crippen molar-refractivity contribution in [3.8, 4) is 0 Å². The Bertz CT molecular complexity index is 1600. The van der Waals surface area contributed by atoms with E-state index in [0.29, 0.717) is 29.1 Å². The molecular formula is C26H20FN7O. The molecule has 0 radical (unpaired) electrons. The van der Waals surface area contributed by atoms with Crippen LogP contribution in [0.1, 0.15) is 16.7 Å². The Morgan fingerprint density at radius 2 is 1.91 bits per heavy atom. The van der Waals surface area contributed by atoms with Crippen molar-refractivity contribution in [2.24, 2.45) is 7.05 Å². The second-order valence-electron chi connectivity index (χ2n) is 8.37. The first kappa shape index (κ1) is 20.8. The van der Waals surface area contributed by atoms with Crippen LogP contribution < -0.4 is 10.6 Å². The average Bonchev–Trinajstić information content (AvgIpc) is 3.57. The van der Waals surface area contributed by atoms with Gasteiger partial charge in [-0.15, -0.1) is 0 Å². The molecule has 35 heavy (non-hydrogen) atoms. The Labute approximate surface area is 199 Å². The largest absolute Gasteiger partial charge is 0.354 e. The minimum atomic E-state index is -0.405. The zero-order valence-corrected chi connectivity index (χ0v) is 18.7. The van der Waals surface area contributed by atoms with Gasteiger partial charge in [0.05, 0.1) is 40.9 Å². The smallest absolute Gasteiger partial charge is 0.258 e. The van der Waals surface area contributed by atoms with E-state index in [2.05, 4.69) is 25.7 Å². The second-order valence-corrected chi connectivity index (χ2v) is 8.37. The second kappa shape index (κ2) is 8.21. The third kappa shape index (κ3) is 3.82.